The maximum Gasteiger partial charge on any atom is 0.169 e. The van der Waals surface area contributed by atoms with E-state index in [0.717, 1.165) is 45.1 Å². The zero-order chi connectivity index (χ0) is 28.3. The second kappa shape index (κ2) is 9.43. The molecule has 0 aliphatic carbocycles. The highest BCUT2D eigenvalue weighted by Crippen LogP contribution is 2.37. The normalized spacial score (nSPS) is 17.9. The zero-order valence-electron chi connectivity index (χ0n) is 23.2. The minimum absolute atomic E-state index is 0.215. The number of nitrogens with zero attached hydrogens (tertiary/aromatic N) is 2. The molecule has 9 rings (SSSR count). The molecule has 0 saturated heterocycles. The van der Waals surface area contributed by atoms with Crippen LogP contribution in [-0.4, -0.2) is 11.7 Å². The fourth-order valence-corrected chi connectivity index (χ4v) is 6.53. The molecule has 0 spiro atoms. The van der Waals surface area contributed by atoms with Crippen molar-refractivity contribution < 1.29 is 4.42 Å². The Morgan fingerprint density at radius 3 is 2.21 bits per heavy atom. The van der Waals surface area contributed by atoms with Crippen LogP contribution in [0.25, 0.3) is 49.4 Å². The first kappa shape index (κ1) is 24.0. The van der Waals surface area contributed by atoms with Gasteiger partial charge >= 0.3 is 0 Å². The van der Waals surface area contributed by atoms with Crippen LogP contribution in [0, 0.1) is 0 Å². The van der Waals surface area contributed by atoms with Crippen molar-refractivity contribution in [3.63, 3.8) is 0 Å². The highest BCUT2D eigenvalue weighted by molar-refractivity contribution is 6.19. The van der Waals surface area contributed by atoms with Gasteiger partial charge in [-0.1, -0.05) is 109 Å². The Morgan fingerprint density at radius 2 is 1.33 bits per heavy atom. The summed E-state index contributed by atoms with van der Waals surface area (Å²) in [6.45, 7) is 0. The number of amidine groups is 2. The molecule has 5 nitrogen and oxygen atoms in total. The third-order valence-corrected chi connectivity index (χ3v) is 8.60. The molecule has 6 aromatic carbocycles. The summed E-state index contributed by atoms with van der Waals surface area (Å²) in [5.74, 6) is 2.45. The van der Waals surface area contributed by atoms with Gasteiger partial charge in [0.1, 0.15) is 29.1 Å². The van der Waals surface area contributed by atoms with Crippen LogP contribution in [0.3, 0.4) is 0 Å². The monoisotopic (exact) mass is 554 g/mol. The van der Waals surface area contributed by atoms with Crippen molar-refractivity contribution in [3.05, 3.63) is 150 Å². The maximum atomic E-state index is 6.21. The summed E-state index contributed by atoms with van der Waals surface area (Å²) < 4.78 is 6.21. The molecular formula is C38H26N4O. The first-order chi connectivity index (χ1) is 21.3. The molecular weight excluding hydrogens is 528 g/mol. The van der Waals surface area contributed by atoms with Crippen LogP contribution in [0.1, 0.15) is 34.7 Å². The van der Waals surface area contributed by atoms with Crippen molar-refractivity contribution in [2.75, 3.05) is 0 Å². The van der Waals surface area contributed by atoms with Gasteiger partial charge in [0, 0.05) is 22.7 Å². The Balaban J connectivity index is 1.20. The smallest absolute Gasteiger partial charge is 0.169 e. The van der Waals surface area contributed by atoms with Gasteiger partial charge in [0.2, 0.25) is 0 Å². The third-order valence-electron chi connectivity index (χ3n) is 8.60. The Kier molecular flexibility index (Phi) is 5.26. The minimum Gasteiger partial charge on any atom is -0.456 e. The molecule has 7 aromatic rings. The van der Waals surface area contributed by atoms with Gasteiger partial charge in [-0.2, -0.15) is 0 Å². The van der Waals surface area contributed by atoms with Gasteiger partial charge in [-0.3, -0.25) is 0 Å². The van der Waals surface area contributed by atoms with Crippen LogP contribution in [0.4, 0.5) is 0 Å². The van der Waals surface area contributed by atoms with Gasteiger partial charge in [0.15, 0.2) is 6.17 Å². The lowest BCUT2D eigenvalue weighted by Crippen LogP contribution is -2.43. The van der Waals surface area contributed by atoms with Crippen LogP contribution in [0.2, 0.25) is 0 Å². The quantitative estimate of drug-likeness (QED) is 0.215. The van der Waals surface area contributed by atoms with Crippen LogP contribution in [0.5, 0.6) is 0 Å². The van der Waals surface area contributed by atoms with E-state index < -0.39 is 0 Å². The van der Waals surface area contributed by atoms with E-state index in [0.29, 0.717) is 0 Å². The number of furan rings is 1. The average molecular weight is 555 g/mol. The lowest BCUT2D eigenvalue weighted by atomic mass is 9.95. The Hall–Kier alpha value is -5.68. The SMILES string of the molecule is C1=Cc2oc3ccccc3c2C(C2=NC(c3ccccc3)N=C(c3ccc4ccc5c6ccccc6ccc5c4c3)N2)N1. The van der Waals surface area contributed by atoms with Gasteiger partial charge in [-0.15, -0.1) is 0 Å². The number of hydrogen-bond acceptors (Lipinski definition) is 5. The van der Waals surface area contributed by atoms with Crippen LogP contribution >= 0.6 is 0 Å². The van der Waals surface area contributed by atoms with Gasteiger partial charge < -0.3 is 15.1 Å². The molecule has 0 bridgehead atoms. The second-order valence-corrected chi connectivity index (χ2v) is 11.1. The Morgan fingerprint density at radius 1 is 0.605 bits per heavy atom. The number of para-hydroxylation sites is 1. The van der Waals surface area contributed by atoms with E-state index in [1.165, 1.54) is 32.3 Å². The van der Waals surface area contributed by atoms with E-state index in [1.807, 2.05) is 48.7 Å². The summed E-state index contributed by atoms with van der Waals surface area (Å²) in [4.78, 5) is 10.3. The first-order valence-electron chi connectivity index (χ1n) is 14.6. The number of rotatable bonds is 3. The van der Waals surface area contributed by atoms with Gasteiger partial charge in [-0.05, 0) is 56.1 Å². The topological polar surface area (TPSA) is 61.9 Å². The van der Waals surface area contributed by atoms with E-state index >= 15 is 0 Å². The van der Waals surface area contributed by atoms with E-state index in [-0.39, 0.29) is 12.2 Å². The van der Waals surface area contributed by atoms with Crippen molar-refractivity contribution in [2.45, 2.75) is 12.2 Å². The Bertz CT molecular complexity index is 2310. The van der Waals surface area contributed by atoms with Crippen molar-refractivity contribution >= 4 is 61.0 Å². The first-order valence-corrected chi connectivity index (χ1v) is 14.6. The molecule has 2 atom stereocenters. The molecule has 1 aromatic heterocycles. The molecule has 0 amide bonds. The minimum atomic E-state index is -0.381. The summed E-state index contributed by atoms with van der Waals surface area (Å²) in [6, 6.07) is 42.3. The largest absolute Gasteiger partial charge is 0.456 e. The van der Waals surface area contributed by atoms with Crippen LogP contribution < -0.4 is 10.6 Å². The highest BCUT2D eigenvalue weighted by Gasteiger charge is 2.31. The summed E-state index contributed by atoms with van der Waals surface area (Å²) in [6.07, 6.45) is 3.54. The highest BCUT2D eigenvalue weighted by atomic mass is 16.3. The van der Waals surface area contributed by atoms with E-state index in [9.17, 15) is 0 Å². The van der Waals surface area contributed by atoms with Crippen molar-refractivity contribution in [1.29, 1.82) is 0 Å². The third kappa shape index (κ3) is 3.86. The second-order valence-electron chi connectivity index (χ2n) is 11.1. The lowest BCUT2D eigenvalue weighted by Gasteiger charge is -2.28. The van der Waals surface area contributed by atoms with Gasteiger partial charge in [-0.25, -0.2) is 9.98 Å². The summed E-state index contributed by atoms with van der Waals surface area (Å²) in [5.41, 5.74) is 4.00. The molecule has 0 fully saturated rings. The van der Waals surface area contributed by atoms with Crippen molar-refractivity contribution in [2.24, 2.45) is 9.98 Å². The molecule has 5 heteroatoms. The fraction of sp³-hybridized carbons (Fsp3) is 0.0526. The molecule has 3 heterocycles. The fourth-order valence-electron chi connectivity index (χ4n) is 6.53. The molecule has 2 aliphatic rings. The molecule has 2 unspecified atom stereocenters. The maximum absolute atomic E-state index is 6.21. The number of nitrogens with one attached hydrogen (secondary N) is 2. The summed E-state index contributed by atoms with van der Waals surface area (Å²) in [5, 5.41) is 15.7. The molecule has 2 aliphatic heterocycles. The Labute approximate surface area is 247 Å². The van der Waals surface area contributed by atoms with E-state index in [4.69, 9.17) is 14.4 Å². The molecule has 43 heavy (non-hydrogen) atoms. The molecule has 2 N–H and O–H groups in total. The molecule has 0 radical (unpaired) electrons. The molecule has 0 saturated carbocycles. The number of benzene rings is 6. The van der Waals surface area contributed by atoms with Crippen LogP contribution in [0.15, 0.2) is 142 Å². The van der Waals surface area contributed by atoms with E-state index in [1.54, 1.807) is 0 Å². The van der Waals surface area contributed by atoms with Crippen LogP contribution in [-0.2, 0) is 0 Å². The number of fused-ring (bicyclic) bond motifs is 8. The summed E-state index contributed by atoms with van der Waals surface area (Å²) >= 11 is 0. The average Bonchev–Trinajstić information content (AvgIpc) is 3.47. The van der Waals surface area contributed by atoms with Crippen molar-refractivity contribution in [1.82, 2.24) is 10.6 Å². The van der Waals surface area contributed by atoms with Gasteiger partial charge in [0.25, 0.3) is 0 Å². The van der Waals surface area contributed by atoms with E-state index in [2.05, 4.69) is 95.6 Å². The summed E-state index contributed by atoms with van der Waals surface area (Å²) in [7, 11) is 0. The number of hydrogen-bond donors (Lipinski definition) is 2. The predicted octanol–water partition coefficient (Wildman–Crippen LogP) is 8.65. The lowest BCUT2D eigenvalue weighted by molar-refractivity contribution is 0.585. The predicted molar refractivity (Wildman–Crippen MR) is 176 cm³/mol. The zero-order valence-corrected chi connectivity index (χ0v) is 23.2. The van der Waals surface area contributed by atoms with Crippen molar-refractivity contribution in [3.8, 4) is 0 Å². The number of aliphatic imine (C=N–C) groups is 2. The molecule has 204 valence electrons. The van der Waals surface area contributed by atoms with Gasteiger partial charge in [0.05, 0.1) is 0 Å². The standard InChI is InChI=1S/C38H26N4O/c1-2-9-25(10-3-1)36-40-37(42-38(41-36)35-34-30-12-6-7-13-32(30)43-33(34)20-21-39-35)26-15-14-24-17-18-28-27-11-5-4-8-23(27)16-19-29(28)31(24)22-26/h1-22,35-36,39H,(H,40,41,42).